The first kappa shape index (κ1) is 14.0. The molecular weight excluding hydrogens is 254 g/mol. The number of hydrogen-bond donors (Lipinski definition) is 1. The molecule has 1 aromatic heterocycles. The average Bonchev–Trinajstić information content (AvgIpc) is 2.80. The van der Waals surface area contributed by atoms with Crippen LogP contribution in [0.15, 0.2) is 36.7 Å². The third-order valence-corrected chi connectivity index (χ3v) is 4.05. The molecule has 0 fully saturated rings. The summed E-state index contributed by atoms with van der Waals surface area (Å²) in [4.78, 5) is 4.31. The van der Waals surface area contributed by atoms with Crippen LogP contribution >= 0.6 is 11.8 Å². The summed E-state index contributed by atoms with van der Waals surface area (Å²) < 4.78 is 2.03. The van der Waals surface area contributed by atoms with Crippen molar-refractivity contribution < 1.29 is 0 Å². The Labute approximate surface area is 119 Å². The van der Waals surface area contributed by atoms with Crippen LogP contribution < -0.4 is 5.32 Å². The van der Waals surface area contributed by atoms with Gasteiger partial charge in [0.25, 0.3) is 0 Å². The summed E-state index contributed by atoms with van der Waals surface area (Å²) in [7, 11) is 2.01. The van der Waals surface area contributed by atoms with E-state index in [9.17, 15) is 0 Å². The number of benzene rings is 1. The summed E-state index contributed by atoms with van der Waals surface area (Å²) in [6.45, 7) is 5.21. The molecule has 0 atom stereocenters. The first-order valence-electron chi connectivity index (χ1n) is 6.56. The van der Waals surface area contributed by atoms with Crippen LogP contribution in [-0.4, -0.2) is 14.8 Å². The SMILES string of the molecule is CC(C)SCc1cccc(NCc2nccn2C)c1. The first-order valence-corrected chi connectivity index (χ1v) is 7.60. The molecule has 0 aliphatic carbocycles. The number of thioether (sulfide) groups is 1. The third kappa shape index (κ3) is 4.31. The predicted molar refractivity (Wildman–Crippen MR) is 83.4 cm³/mol. The van der Waals surface area contributed by atoms with Gasteiger partial charge in [-0.15, -0.1) is 0 Å². The average molecular weight is 275 g/mol. The topological polar surface area (TPSA) is 29.9 Å². The van der Waals surface area contributed by atoms with Crippen LogP contribution in [0.4, 0.5) is 5.69 Å². The predicted octanol–water partition coefficient (Wildman–Crippen LogP) is 3.67. The van der Waals surface area contributed by atoms with E-state index in [-0.39, 0.29) is 0 Å². The van der Waals surface area contributed by atoms with E-state index in [0.29, 0.717) is 5.25 Å². The highest BCUT2D eigenvalue weighted by Gasteiger charge is 2.01. The van der Waals surface area contributed by atoms with Crippen molar-refractivity contribution in [1.82, 2.24) is 9.55 Å². The van der Waals surface area contributed by atoms with Crippen molar-refractivity contribution in [3.8, 4) is 0 Å². The number of aromatic nitrogens is 2. The molecule has 0 radical (unpaired) electrons. The van der Waals surface area contributed by atoms with Gasteiger partial charge in [-0.25, -0.2) is 4.98 Å². The van der Waals surface area contributed by atoms with Crippen molar-refractivity contribution in [3.63, 3.8) is 0 Å². The number of imidazole rings is 1. The normalized spacial score (nSPS) is 10.9. The summed E-state index contributed by atoms with van der Waals surface area (Å²) >= 11 is 1.97. The fourth-order valence-corrected chi connectivity index (χ4v) is 2.49. The number of rotatable bonds is 6. The van der Waals surface area contributed by atoms with E-state index in [4.69, 9.17) is 0 Å². The molecular formula is C15H21N3S. The molecule has 19 heavy (non-hydrogen) atoms. The second kappa shape index (κ2) is 6.66. The maximum atomic E-state index is 4.31. The van der Waals surface area contributed by atoms with Gasteiger partial charge >= 0.3 is 0 Å². The van der Waals surface area contributed by atoms with Gasteiger partial charge in [0, 0.05) is 30.9 Å². The summed E-state index contributed by atoms with van der Waals surface area (Å²) in [5, 5.41) is 4.09. The van der Waals surface area contributed by atoms with Gasteiger partial charge in [0.2, 0.25) is 0 Å². The lowest BCUT2D eigenvalue weighted by molar-refractivity contribution is 0.813. The molecule has 1 heterocycles. The van der Waals surface area contributed by atoms with Crippen LogP contribution in [0.1, 0.15) is 25.2 Å². The highest BCUT2D eigenvalue weighted by molar-refractivity contribution is 7.99. The smallest absolute Gasteiger partial charge is 0.127 e. The minimum absolute atomic E-state index is 0.671. The Morgan fingerprint density at radius 1 is 1.37 bits per heavy atom. The quantitative estimate of drug-likeness (QED) is 0.872. The van der Waals surface area contributed by atoms with Crippen molar-refractivity contribution >= 4 is 17.4 Å². The monoisotopic (exact) mass is 275 g/mol. The maximum absolute atomic E-state index is 4.31. The number of aryl methyl sites for hydroxylation is 1. The lowest BCUT2D eigenvalue weighted by atomic mass is 10.2. The lowest BCUT2D eigenvalue weighted by Crippen LogP contribution is -2.05. The van der Waals surface area contributed by atoms with Gasteiger partial charge in [-0.2, -0.15) is 11.8 Å². The first-order chi connectivity index (χ1) is 9.15. The lowest BCUT2D eigenvalue weighted by Gasteiger charge is -2.09. The number of nitrogens with one attached hydrogen (secondary N) is 1. The molecule has 102 valence electrons. The fraction of sp³-hybridized carbons (Fsp3) is 0.400. The van der Waals surface area contributed by atoms with Gasteiger partial charge in [-0.05, 0) is 22.9 Å². The van der Waals surface area contributed by atoms with E-state index in [1.165, 1.54) is 5.56 Å². The molecule has 3 nitrogen and oxygen atoms in total. The van der Waals surface area contributed by atoms with Crippen LogP contribution in [0, 0.1) is 0 Å². The van der Waals surface area contributed by atoms with Gasteiger partial charge in [0.05, 0.1) is 6.54 Å². The molecule has 1 aromatic carbocycles. The minimum atomic E-state index is 0.671. The van der Waals surface area contributed by atoms with E-state index in [1.807, 2.05) is 35.8 Å². The second-order valence-corrected chi connectivity index (χ2v) is 6.43. The molecule has 0 unspecified atom stereocenters. The zero-order valence-electron chi connectivity index (χ0n) is 11.8. The summed E-state index contributed by atoms with van der Waals surface area (Å²) in [5.74, 6) is 2.11. The van der Waals surface area contributed by atoms with E-state index in [0.717, 1.165) is 23.8 Å². The second-order valence-electron chi connectivity index (χ2n) is 4.87. The number of hydrogen-bond acceptors (Lipinski definition) is 3. The Bertz CT molecular complexity index is 520. The van der Waals surface area contributed by atoms with Crippen molar-refractivity contribution in [2.45, 2.75) is 31.4 Å². The van der Waals surface area contributed by atoms with Crippen molar-refractivity contribution in [2.75, 3.05) is 5.32 Å². The number of anilines is 1. The molecule has 0 saturated carbocycles. The van der Waals surface area contributed by atoms with E-state index in [1.54, 1.807) is 0 Å². The van der Waals surface area contributed by atoms with E-state index >= 15 is 0 Å². The Balaban J connectivity index is 1.93. The molecule has 0 aliphatic rings. The molecule has 0 saturated heterocycles. The van der Waals surface area contributed by atoms with E-state index < -0.39 is 0 Å². The van der Waals surface area contributed by atoms with Crippen LogP contribution in [0.3, 0.4) is 0 Å². The van der Waals surface area contributed by atoms with Gasteiger partial charge in [-0.1, -0.05) is 26.0 Å². The Kier molecular flexibility index (Phi) is 4.91. The Morgan fingerprint density at radius 3 is 2.89 bits per heavy atom. The molecule has 0 aliphatic heterocycles. The molecule has 0 amide bonds. The standard InChI is InChI=1S/C15H21N3S/c1-12(2)19-11-13-5-4-6-14(9-13)17-10-15-16-7-8-18(15)3/h4-9,12,17H,10-11H2,1-3H3. The van der Waals surface area contributed by atoms with Gasteiger partial charge < -0.3 is 9.88 Å². The largest absolute Gasteiger partial charge is 0.378 e. The van der Waals surface area contributed by atoms with Crippen molar-refractivity contribution in [3.05, 3.63) is 48.0 Å². The van der Waals surface area contributed by atoms with Crippen LogP contribution in [0.25, 0.3) is 0 Å². The molecule has 2 rings (SSSR count). The minimum Gasteiger partial charge on any atom is -0.378 e. The summed E-state index contributed by atoms with van der Waals surface area (Å²) in [6.07, 6.45) is 3.79. The zero-order chi connectivity index (χ0) is 13.7. The molecule has 0 bridgehead atoms. The molecule has 4 heteroatoms. The zero-order valence-corrected chi connectivity index (χ0v) is 12.6. The van der Waals surface area contributed by atoms with Crippen molar-refractivity contribution in [1.29, 1.82) is 0 Å². The van der Waals surface area contributed by atoms with Crippen LogP contribution in [0.2, 0.25) is 0 Å². The van der Waals surface area contributed by atoms with Gasteiger partial charge in [0.1, 0.15) is 5.82 Å². The van der Waals surface area contributed by atoms with Gasteiger partial charge in [0.15, 0.2) is 0 Å². The van der Waals surface area contributed by atoms with Crippen LogP contribution in [-0.2, 0) is 19.3 Å². The highest BCUT2D eigenvalue weighted by atomic mass is 32.2. The Morgan fingerprint density at radius 2 is 2.21 bits per heavy atom. The highest BCUT2D eigenvalue weighted by Crippen LogP contribution is 2.19. The molecule has 1 N–H and O–H groups in total. The molecule has 0 spiro atoms. The van der Waals surface area contributed by atoms with Gasteiger partial charge in [-0.3, -0.25) is 0 Å². The molecule has 2 aromatic rings. The Hall–Kier alpha value is -1.42. The summed E-state index contributed by atoms with van der Waals surface area (Å²) in [5.41, 5.74) is 2.52. The third-order valence-electron chi connectivity index (χ3n) is 2.88. The maximum Gasteiger partial charge on any atom is 0.127 e. The van der Waals surface area contributed by atoms with Crippen molar-refractivity contribution in [2.24, 2.45) is 7.05 Å². The summed E-state index contributed by atoms with van der Waals surface area (Å²) in [6, 6.07) is 8.61. The number of nitrogens with zero attached hydrogens (tertiary/aromatic N) is 2. The fourth-order valence-electron chi connectivity index (χ4n) is 1.78. The van der Waals surface area contributed by atoms with E-state index in [2.05, 4.69) is 48.4 Å². The van der Waals surface area contributed by atoms with Crippen LogP contribution in [0.5, 0.6) is 0 Å².